The second kappa shape index (κ2) is 5.68. The number of aliphatic hydroxyl groups excluding tert-OH is 1. The maximum atomic E-state index is 11.5. The Balaban J connectivity index is 2.62. The molecule has 0 spiro atoms. The molecule has 4 nitrogen and oxygen atoms in total. The predicted octanol–water partition coefficient (Wildman–Crippen LogP) is 1.56. The van der Waals surface area contributed by atoms with Gasteiger partial charge in [-0.15, -0.1) is 0 Å². The van der Waals surface area contributed by atoms with Crippen molar-refractivity contribution in [3.05, 3.63) is 29.3 Å². The smallest absolute Gasteiger partial charge is 0.310 e. The van der Waals surface area contributed by atoms with E-state index in [1.165, 1.54) is 6.07 Å². The highest BCUT2D eigenvalue weighted by atomic mass is 16.6. The average molecular weight is 238 g/mol. The number of phenols is 1. The highest BCUT2D eigenvalue weighted by Gasteiger charge is 2.14. The van der Waals surface area contributed by atoms with E-state index in [1.807, 2.05) is 13.0 Å². The molecule has 2 N–H and O–H groups in total. The van der Waals surface area contributed by atoms with Crippen LogP contribution >= 0.6 is 0 Å². The molecule has 2 unspecified atom stereocenters. The number of rotatable bonds is 4. The van der Waals surface area contributed by atoms with Crippen molar-refractivity contribution in [2.75, 3.05) is 0 Å². The Morgan fingerprint density at radius 3 is 2.53 bits per heavy atom. The Morgan fingerprint density at radius 1 is 1.35 bits per heavy atom. The summed E-state index contributed by atoms with van der Waals surface area (Å²) in [4.78, 5) is 11.5. The van der Waals surface area contributed by atoms with Gasteiger partial charge in [-0.05, 0) is 44.0 Å². The van der Waals surface area contributed by atoms with Crippen molar-refractivity contribution in [1.82, 2.24) is 0 Å². The number of ether oxygens (including phenoxy) is 1. The van der Waals surface area contributed by atoms with Crippen molar-refractivity contribution in [2.45, 2.75) is 39.4 Å². The molecule has 0 fully saturated rings. The number of benzene rings is 1. The van der Waals surface area contributed by atoms with Crippen LogP contribution in [-0.4, -0.2) is 28.4 Å². The fourth-order valence-electron chi connectivity index (χ4n) is 1.46. The molecule has 0 bridgehead atoms. The van der Waals surface area contributed by atoms with E-state index in [0.717, 1.165) is 5.56 Å². The summed E-state index contributed by atoms with van der Waals surface area (Å²) in [6.07, 6.45) is -1.13. The fraction of sp³-hybridized carbons (Fsp3) is 0.462. The number of esters is 1. The molecule has 0 saturated heterocycles. The zero-order valence-electron chi connectivity index (χ0n) is 10.3. The van der Waals surface area contributed by atoms with Crippen LogP contribution in [0.1, 0.15) is 25.0 Å². The van der Waals surface area contributed by atoms with E-state index in [-0.39, 0.29) is 12.2 Å². The number of aliphatic hydroxyl groups is 1. The Morgan fingerprint density at radius 2 is 2.00 bits per heavy atom. The largest absolute Gasteiger partial charge is 0.508 e. The molecule has 0 aliphatic carbocycles. The summed E-state index contributed by atoms with van der Waals surface area (Å²) in [7, 11) is 0. The molecular formula is C13H18O4. The van der Waals surface area contributed by atoms with Crippen LogP contribution in [0.25, 0.3) is 0 Å². The van der Waals surface area contributed by atoms with Crippen LogP contribution in [0.2, 0.25) is 0 Å². The predicted molar refractivity (Wildman–Crippen MR) is 63.8 cm³/mol. The van der Waals surface area contributed by atoms with Crippen molar-refractivity contribution in [3.8, 4) is 5.75 Å². The fourth-order valence-corrected chi connectivity index (χ4v) is 1.46. The van der Waals surface area contributed by atoms with Gasteiger partial charge in [0, 0.05) is 0 Å². The molecule has 0 heterocycles. The molecular weight excluding hydrogens is 220 g/mol. The second-order valence-electron chi connectivity index (χ2n) is 4.29. The SMILES string of the molecule is Cc1cc(O)cc(CC(=O)OC(C)C(C)O)c1. The second-order valence-corrected chi connectivity index (χ2v) is 4.29. The van der Waals surface area contributed by atoms with E-state index >= 15 is 0 Å². The Bertz CT molecular complexity index is 378. The molecule has 0 aromatic heterocycles. The third-order valence-electron chi connectivity index (χ3n) is 2.47. The molecule has 4 heteroatoms. The molecule has 17 heavy (non-hydrogen) atoms. The first kappa shape index (κ1) is 13.5. The minimum atomic E-state index is -0.690. The van der Waals surface area contributed by atoms with Crippen LogP contribution in [-0.2, 0) is 16.0 Å². The van der Waals surface area contributed by atoms with E-state index in [2.05, 4.69) is 0 Å². The van der Waals surface area contributed by atoms with Gasteiger partial charge in [0.2, 0.25) is 0 Å². The van der Waals surface area contributed by atoms with Crippen molar-refractivity contribution in [3.63, 3.8) is 0 Å². The van der Waals surface area contributed by atoms with Crippen molar-refractivity contribution < 1.29 is 19.7 Å². The normalized spacial score (nSPS) is 14.1. The molecule has 1 aromatic carbocycles. The summed E-state index contributed by atoms with van der Waals surface area (Å²) >= 11 is 0. The number of aryl methyl sites for hydroxylation is 1. The first-order valence-electron chi connectivity index (χ1n) is 5.55. The van der Waals surface area contributed by atoms with Gasteiger partial charge in [0.1, 0.15) is 11.9 Å². The van der Waals surface area contributed by atoms with E-state index < -0.39 is 18.2 Å². The minimum absolute atomic E-state index is 0.0896. The first-order chi connectivity index (χ1) is 7.88. The first-order valence-corrected chi connectivity index (χ1v) is 5.55. The third kappa shape index (κ3) is 4.44. The average Bonchev–Trinajstić information content (AvgIpc) is 2.14. The minimum Gasteiger partial charge on any atom is -0.508 e. The van der Waals surface area contributed by atoms with Gasteiger partial charge in [0.15, 0.2) is 0 Å². The summed E-state index contributed by atoms with van der Waals surface area (Å²) in [6, 6.07) is 4.96. The monoisotopic (exact) mass is 238 g/mol. The molecule has 0 aliphatic heterocycles. The number of hydrogen-bond donors (Lipinski definition) is 2. The van der Waals surface area contributed by atoms with E-state index in [4.69, 9.17) is 4.74 Å². The number of carbonyl (C=O) groups excluding carboxylic acids is 1. The highest BCUT2D eigenvalue weighted by molar-refractivity contribution is 5.73. The van der Waals surface area contributed by atoms with Gasteiger partial charge in [0.25, 0.3) is 0 Å². The third-order valence-corrected chi connectivity index (χ3v) is 2.47. The lowest BCUT2D eigenvalue weighted by Gasteiger charge is -2.15. The number of phenolic OH excluding ortho intramolecular Hbond substituents is 1. The van der Waals surface area contributed by atoms with E-state index in [9.17, 15) is 15.0 Å². The standard InChI is InChI=1S/C13H18O4/c1-8-4-11(6-12(15)5-8)7-13(16)17-10(3)9(2)14/h4-6,9-10,14-15H,7H2,1-3H3. The van der Waals surface area contributed by atoms with Gasteiger partial charge in [-0.2, -0.15) is 0 Å². The quantitative estimate of drug-likeness (QED) is 0.781. The number of carbonyl (C=O) groups is 1. The van der Waals surface area contributed by atoms with Crippen LogP contribution in [0.4, 0.5) is 0 Å². The van der Waals surface area contributed by atoms with Gasteiger partial charge >= 0.3 is 5.97 Å². The Hall–Kier alpha value is -1.55. The number of aromatic hydroxyl groups is 1. The highest BCUT2D eigenvalue weighted by Crippen LogP contribution is 2.16. The maximum Gasteiger partial charge on any atom is 0.310 e. The Kier molecular flexibility index (Phi) is 4.52. The van der Waals surface area contributed by atoms with Gasteiger partial charge in [-0.25, -0.2) is 0 Å². The molecule has 0 saturated carbocycles. The van der Waals surface area contributed by atoms with Crippen LogP contribution in [0.15, 0.2) is 18.2 Å². The summed E-state index contributed by atoms with van der Waals surface area (Å²) < 4.78 is 5.02. The van der Waals surface area contributed by atoms with E-state index in [0.29, 0.717) is 5.56 Å². The summed E-state index contributed by atoms with van der Waals surface area (Å²) in [5.41, 5.74) is 1.58. The van der Waals surface area contributed by atoms with Gasteiger partial charge < -0.3 is 14.9 Å². The zero-order chi connectivity index (χ0) is 13.0. The topological polar surface area (TPSA) is 66.8 Å². The zero-order valence-corrected chi connectivity index (χ0v) is 10.3. The summed E-state index contributed by atoms with van der Waals surface area (Å²) in [5.74, 6) is -0.278. The van der Waals surface area contributed by atoms with Gasteiger partial charge in [0.05, 0.1) is 12.5 Å². The lowest BCUT2D eigenvalue weighted by molar-refractivity contribution is -0.152. The summed E-state index contributed by atoms with van der Waals surface area (Å²) in [5, 5.41) is 18.6. The molecule has 0 aliphatic rings. The lowest BCUT2D eigenvalue weighted by atomic mass is 10.1. The molecule has 1 aromatic rings. The molecule has 1 rings (SSSR count). The number of hydrogen-bond acceptors (Lipinski definition) is 4. The van der Waals surface area contributed by atoms with Crippen LogP contribution < -0.4 is 0 Å². The van der Waals surface area contributed by atoms with Crippen molar-refractivity contribution in [1.29, 1.82) is 0 Å². The van der Waals surface area contributed by atoms with E-state index in [1.54, 1.807) is 19.9 Å². The molecule has 0 amide bonds. The molecule has 2 atom stereocenters. The van der Waals surface area contributed by atoms with Crippen molar-refractivity contribution in [2.24, 2.45) is 0 Å². The van der Waals surface area contributed by atoms with Crippen molar-refractivity contribution >= 4 is 5.97 Å². The van der Waals surface area contributed by atoms with Crippen LogP contribution in [0.3, 0.4) is 0 Å². The summed E-state index contributed by atoms with van der Waals surface area (Å²) in [6.45, 7) is 5.04. The van der Waals surface area contributed by atoms with Crippen LogP contribution in [0, 0.1) is 6.92 Å². The van der Waals surface area contributed by atoms with Gasteiger partial charge in [-0.1, -0.05) is 6.07 Å². The lowest BCUT2D eigenvalue weighted by Crippen LogP contribution is -2.26. The molecule has 0 radical (unpaired) electrons. The maximum absolute atomic E-state index is 11.5. The Labute approximate surface area is 101 Å². The van der Waals surface area contributed by atoms with Gasteiger partial charge in [-0.3, -0.25) is 4.79 Å². The molecule has 94 valence electrons. The van der Waals surface area contributed by atoms with Crippen LogP contribution in [0.5, 0.6) is 5.75 Å².